The van der Waals surface area contributed by atoms with Gasteiger partial charge in [0.25, 0.3) is 5.91 Å². The van der Waals surface area contributed by atoms with Crippen LogP contribution < -0.4 is 5.32 Å². The van der Waals surface area contributed by atoms with Crippen LogP contribution in [0.15, 0.2) is 48.5 Å². The summed E-state index contributed by atoms with van der Waals surface area (Å²) in [6, 6.07) is 12.5. The number of benzene rings is 2. The molecule has 2 rings (SSSR count). The highest BCUT2D eigenvalue weighted by Crippen LogP contribution is 2.26. The number of amides is 1. The predicted molar refractivity (Wildman–Crippen MR) is 95.9 cm³/mol. The summed E-state index contributed by atoms with van der Waals surface area (Å²) in [6.45, 7) is 0. The van der Waals surface area contributed by atoms with Crippen LogP contribution in [0.2, 0.25) is 10.0 Å². The van der Waals surface area contributed by atoms with Gasteiger partial charge in [0.2, 0.25) is 0 Å². The molecular formula is C18H17Cl2NO4. The minimum absolute atomic E-state index is 0.0369. The van der Waals surface area contributed by atoms with E-state index in [9.17, 15) is 14.7 Å². The molecule has 0 radical (unpaired) electrons. The third kappa shape index (κ3) is 4.95. The third-order valence-electron chi connectivity index (χ3n) is 3.66. The summed E-state index contributed by atoms with van der Waals surface area (Å²) in [6.07, 6.45) is -0.949. The fraction of sp³-hybridized carbons (Fsp3) is 0.222. The molecule has 0 aliphatic rings. The fourth-order valence-electron chi connectivity index (χ4n) is 2.40. The van der Waals surface area contributed by atoms with Crippen LogP contribution in [0.3, 0.4) is 0 Å². The average Bonchev–Trinajstić information content (AvgIpc) is 2.58. The highest BCUT2D eigenvalue weighted by Gasteiger charge is 2.27. The maximum absolute atomic E-state index is 12.5. The number of hydrogen-bond acceptors (Lipinski definition) is 3. The number of carboxylic acids is 1. The van der Waals surface area contributed by atoms with Crippen molar-refractivity contribution < 1.29 is 19.4 Å². The van der Waals surface area contributed by atoms with E-state index in [1.165, 1.54) is 7.11 Å². The smallest absolute Gasteiger partial charge is 0.326 e. The number of halogens is 2. The van der Waals surface area contributed by atoms with Crippen molar-refractivity contribution >= 4 is 35.1 Å². The lowest BCUT2D eigenvalue weighted by atomic mass is 10.0. The van der Waals surface area contributed by atoms with Crippen molar-refractivity contribution in [2.45, 2.75) is 18.6 Å². The van der Waals surface area contributed by atoms with Gasteiger partial charge in [-0.2, -0.15) is 0 Å². The molecule has 0 saturated carbocycles. The van der Waals surface area contributed by atoms with Crippen LogP contribution >= 0.6 is 23.2 Å². The summed E-state index contributed by atoms with van der Waals surface area (Å²) in [5.74, 6) is -1.74. The lowest BCUT2D eigenvalue weighted by Gasteiger charge is -2.20. The molecule has 0 spiro atoms. The first-order chi connectivity index (χ1) is 11.9. The van der Waals surface area contributed by atoms with Crippen LogP contribution in [-0.4, -0.2) is 30.1 Å². The number of nitrogens with one attached hydrogen (secondary N) is 1. The van der Waals surface area contributed by atoms with Gasteiger partial charge in [-0.25, -0.2) is 4.79 Å². The summed E-state index contributed by atoms with van der Waals surface area (Å²) in [7, 11) is 1.39. The number of hydrogen-bond donors (Lipinski definition) is 2. The maximum Gasteiger partial charge on any atom is 0.326 e. The van der Waals surface area contributed by atoms with Crippen molar-refractivity contribution in [2.24, 2.45) is 0 Å². The van der Waals surface area contributed by atoms with Crippen molar-refractivity contribution in [2.75, 3.05) is 7.11 Å². The van der Waals surface area contributed by atoms with Crippen molar-refractivity contribution in [3.8, 4) is 0 Å². The molecule has 132 valence electrons. The number of carboxylic acid groups (broad SMARTS) is 1. The van der Waals surface area contributed by atoms with Crippen LogP contribution in [0.25, 0.3) is 0 Å². The zero-order chi connectivity index (χ0) is 18.4. The molecule has 0 aromatic heterocycles. The molecule has 1 amide bonds. The second-order valence-electron chi connectivity index (χ2n) is 5.33. The van der Waals surface area contributed by atoms with Gasteiger partial charge in [0.1, 0.15) is 6.04 Å². The third-order valence-corrected chi connectivity index (χ3v) is 4.37. The SMILES string of the molecule is CO[C@@H](C(=O)N[C@@H](Cc1c(Cl)cccc1Cl)C(=O)O)c1ccccc1. The molecule has 2 aromatic rings. The lowest BCUT2D eigenvalue weighted by Crippen LogP contribution is -2.44. The van der Waals surface area contributed by atoms with Crippen molar-refractivity contribution in [1.29, 1.82) is 0 Å². The van der Waals surface area contributed by atoms with E-state index in [2.05, 4.69) is 5.32 Å². The van der Waals surface area contributed by atoms with Gasteiger partial charge in [-0.15, -0.1) is 0 Å². The predicted octanol–water partition coefficient (Wildman–Crippen LogP) is 3.49. The lowest BCUT2D eigenvalue weighted by molar-refractivity contribution is -0.144. The van der Waals surface area contributed by atoms with Crippen LogP contribution in [0.1, 0.15) is 17.2 Å². The number of ether oxygens (including phenoxy) is 1. The monoisotopic (exact) mass is 381 g/mol. The van der Waals surface area contributed by atoms with Crippen LogP contribution in [0.5, 0.6) is 0 Å². The molecule has 0 saturated heterocycles. The second-order valence-corrected chi connectivity index (χ2v) is 6.14. The highest BCUT2D eigenvalue weighted by molar-refractivity contribution is 6.36. The van der Waals surface area contributed by atoms with Gasteiger partial charge < -0.3 is 15.2 Å². The number of carbonyl (C=O) groups excluding carboxylic acids is 1. The maximum atomic E-state index is 12.5. The van der Waals surface area contributed by atoms with Gasteiger partial charge >= 0.3 is 5.97 Å². The Balaban J connectivity index is 2.18. The molecule has 0 aliphatic heterocycles. The quantitative estimate of drug-likeness (QED) is 0.769. The molecule has 0 heterocycles. The normalized spacial score (nSPS) is 13.1. The van der Waals surface area contributed by atoms with E-state index in [1.807, 2.05) is 6.07 Å². The largest absolute Gasteiger partial charge is 0.480 e. The second kappa shape index (κ2) is 8.85. The van der Waals surface area contributed by atoms with E-state index in [1.54, 1.807) is 42.5 Å². The van der Waals surface area contributed by atoms with Gasteiger partial charge in [-0.1, -0.05) is 59.6 Å². The first kappa shape index (κ1) is 19.2. The molecular weight excluding hydrogens is 365 g/mol. The number of rotatable bonds is 7. The van der Waals surface area contributed by atoms with Crippen molar-refractivity contribution in [3.05, 3.63) is 69.7 Å². The van der Waals surface area contributed by atoms with Gasteiger partial charge in [0.05, 0.1) is 0 Å². The molecule has 2 atom stereocenters. The molecule has 25 heavy (non-hydrogen) atoms. The summed E-state index contributed by atoms with van der Waals surface area (Å²) < 4.78 is 5.22. The average molecular weight is 382 g/mol. The summed E-state index contributed by atoms with van der Waals surface area (Å²) in [4.78, 5) is 24.1. The topological polar surface area (TPSA) is 75.6 Å². The first-order valence-electron chi connectivity index (χ1n) is 7.47. The van der Waals surface area contributed by atoms with E-state index in [-0.39, 0.29) is 6.42 Å². The van der Waals surface area contributed by atoms with E-state index in [0.717, 1.165) is 0 Å². The Labute approximate surface area is 155 Å². The molecule has 5 nitrogen and oxygen atoms in total. The summed E-state index contributed by atoms with van der Waals surface area (Å²) >= 11 is 12.2. The number of carbonyl (C=O) groups is 2. The number of methoxy groups -OCH3 is 1. The number of aliphatic carboxylic acids is 1. The van der Waals surface area contributed by atoms with Gasteiger partial charge in [0, 0.05) is 23.6 Å². The van der Waals surface area contributed by atoms with E-state index >= 15 is 0 Å². The van der Waals surface area contributed by atoms with Gasteiger partial charge in [-0.05, 0) is 23.3 Å². The molecule has 7 heteroatoms. The molecule has 2 aromatic carbocycles. The van der Waals surface area contributed by atoms with Gasteiger partial charge in [-0.3, -0.25) is 4.79 Å². The van der Waals surface area contributed by atoms with Crippen molar-refractivity contribution in [3.63, 3.8) is 0 Å². The summed E-state index contributed by atoms with van der Waals surface area (Å²) in [5.41, 5.74) is 1.09. The summed E-state index contributed by atoms with van der Waals surface area (Å²) in [5, 5.41) is 12.6. The molecule has 0 bridgehead atoms. The zero-order valence-electron chi connectivity index (χ0n) is 13.4. The molecule has 2 N–H and O–H groups in total. The zero-order valence-corrected chi connectivity index (χ0v) is 14.9. The molecule has 0 unspecified atom stereocenters. The van der Waals surface area contributed by atoms with Crippen LogP contribution in [-0.2, 0) is 20.7 Å². The standard InChI is InChI=1S/C18H17Cl2NO4/c1-25-16(11-6-3-2-4-7-11)17(22)21-15(18(23)24)10-12-13(19)8-5-9-14(12)20/h2-9,15-16H,10H2,1H3,(H,21,22)(H,23,24)/t15-,16+/m0/s1. The van der Waals surface area contributed by atoms with E-state index in [0.29, 0.717) is 21.2 Å². The highest BCUT2D eigenvalue weighted by atomic mass is 35.5. The van der Waals surface area contributed by atoms with Crippen LogP contribution in [0.4, 0.5) is 0 Å². The molecule has 0 aliphatic carbocycles. The Morgan fingerprint density at radius 3 is 2.20 bits per heavy atom. The Hall–Kier alpha value is -2.08. The minimum Gasteiger partial charge on any atom is -0.480 e. The van der Waals surface area contributed by atoms with E-state index in [4.69, 9.17) is 27.9 Å². The Bertz CT molecular complexity index is 732. The van der Waals surface area contributed by atoms with Gasteiger partial charge in [0.15, 0.2) is 6.10 Å². The Morgan fingerprint density at radius 2 is 1.68 bits per heavy atom. The Kier molecular flexibility index (Phi) is 6.82. The van der Waals surface area contributed by atoms with E-state index < -0.39 is 24.0 Å². The first-order valence-corrected chi connectivity index (χ1v) is 8.23. The van der Waals surface area contributed by atoms with Crippen molar-refractivity contribution in [1.82, 2.24) is 5.32 Å². The van der Waals surface area contributed by atoms with Crippen LogP contribution in [0, 0.1) is 0 Å². The fourth-order valence-corrected chi connectivity index (χ4v) is 2.95. The minimum atomic E-state index is -1.19. The molecule has 0 fully saturated rings. The Morgan fingerprint density at radius 1 is 1.08 bits per heavy atom.